The topological polar surface area (TPSA) is 47.3 Å². The maximum Gasteiger partial charge on any atom is 0.145 e. The Hall–Kier alpha value is -1.81. The first-order valence-corrected chi connectivity index (χ1v) is 6.13. The molecular formula is C14H18N2O2. The van der Waals surface area contributed by atoms with Gasteiger partial charge in [0.2, 0.25) is 0 Å². The molecule has 0 aliphatic heterocycles. The van der Waals surface area contributed by atoms with Crippen molar-refractivity contribution >= 4 is 0 Å². The van der Waals surface area contributed by atoms with Gasteiger partial charge in [0.25, 0.3) is 0 Å². The predicted octanol–water partition coefficient (Wildman–Crippen LogP) is 2.85. The quantitative estimate of drug-likeness (QED) is 0.796. The Labute approximate surface area is 107 Å². The summed E-state index contributed by atoms with van der Waals surface area (Å²) in [7, 11) is 1.65. The van der Waals surface area contributed by atoms with E-state index in [1.54, 1.807) is 19.6 Å². The van der Waals surface area contributed by atoms with Crippen LogP contribution in [0.4, 0.5) is 0 Å². The molecule has 0 fully saturated rings. The van der Waals surface area contributed by atoms with Crippen LogP contribution in [0.2, 0.25) is 0 Å². The first-order chi connectivity index (χ1) is 8.86. The SMILES string of the molecule is CCCNCc1occc1-c1ncccc1OC. The third kappa shape index (κ3) is 2.71. The minimum atomic E-state index is 0.704. The number of hydrogen-bond acceptors (Lipinski definition) is 4. The molecule has 2 aromatic heterocycles. The highest BCUT2D eigenvalue weighted by molar-refractivity contribution is 5.67. The van der Waals surface area contributed by atoms with Gasteiger partial charge in [0.05, 0.1) is 19.9 Å². The van der Waals surface area contributed by atoms with Crippen LogP contribution in [-0.2, 0) is 6.54 Å². The number of furan rings is 1. The summed E-state index contributed by atoms with van der Waals surface area (Å²) < 4.78 is 10.8. The van der Waals surface area contributed by atoms with Crippen LogP contribution in [0, 0.1) is 0 Å². The van der Waals surface area contributed by atoms with Crippen LogP contribution < -0.4 is 10.1 Å². The largest absolute Gasteiger partial charge is 0.494 e. The Morgan fingerprint density at radius 1 is 1.39 bits per heavy atom. The lowest BCUT2D eigenvalue weighted by molar-refractivity contribution is 0.414. The van der Waals surface area contributed by atoms with Gasteiger partial charge in [-0.25, -0.2) is 0 Å². The molecule has 0 radical (unpaired) electrons. The molecule has 2 rings (SSSR count). The van der Waals surface area contributed by atoms with Gasteiger partial charge in [-0.05, 0) is 31.2 Å². The van der Waals surface area contributed by atoms with Crippen LogP contribution in [0.5, 0.6) is 5.75 Å². The van der Waals surface area contributed by atoms with Crippen molar-refractivity contribution in [1.82, 2.24) is 10.3 Å². The van der Waals surface area contributed by atoms with Crippen molar-refractivity contribution in [2.45, 2.75) is 19.9 Å². The zero-order valence-electron chi connectivity index (χ0n) is 10.8. The second-order valence-electron chi connectivity index (χ2n) is 3.99. The molecule has 0 saturated heterocycles. The van der Waals surface area contributed by atoms with Crippen LogP contribution in [0.15, 0.2) is 35.1 Å². The molecule has 96 valence electrons. The number of hydrogen-bond donors (Lipinski definition) is 1. The van der Waals surface area contributed by atoms with Gasteiger partial charge in [0.1, 0.15) is 17.2 Å². The fourth-order valence-electron chi connectivity index (χ4n) is 1.82. The molecule has 0 amide bonds. The lowest BCUT2D eigenvalue weighted by Crippen LogP contribution is -2.13. The molecule has 4 nitrogen and oxygen atoms in total. The highest BCUT2D eigenvalue weighted by atomic mass is 16.5. The second-order valence-corrected chi connectivity index (χ2v) is 3.99. The summed E-state index contributed by atoms with van der Waals surface area (Å²) in [5.41, 5.74) is 1.80. The second kappa shape index (κ2) is 6.21. The Kier molecular flexibility index (Phi) is 4.36. The summed E-state index contributed by atoms with van der Waals surface area (Å²) in [5, 5.41) is 3.32. The van der Waals surface area contributed by atoms with Crippen molar-refractivity contribution in [1.29, 1.82) is 0 Å². The molecule has 0 unspecified atom stereocenters. The Morgan fingerprint density at radius 2 is 2.28 bits per heavy atom. The maximum atomic E-state index is 5.51. The number of nitrogens with zero attached hydrogens (tertiary/aromatic N) is 1. The monoisotopic (exact) mass is 246 g/mol. The van der Waals surface area contributed by atoms with Gasteiger partial charge in [-0.3, -0.25) is 4.98 Å². The highest BCUT2D eigenvalue weighted by Crippen LogP contribution is 2.30. The van der Waals surface area contributed by atoms with Crippen molar-refractivity contribution in [3.63, 3.8) is 0 Å². The van der Waals surface area contributed by atoms with Crippen LogP contribution >= 0.6 is 0 Å². The van der Waals surface area contributed by atoms with Crippen LogP contribution in [0.3, 0.4) is 0 Å². The maximum absolute atomic E-state index is 5.51. The normalized spacial score (nSPS) is 10.6. The van der Waals surface area contributed by atoms with Gasteiger partial charge in [0, 0.05) is 11.8 Å². The summed E-state index contributed by atoms with van der Waals surface area (Å²) in [6, 6.07) is 5.68. The van der Waals surface area contributed by atoms with E-state index in [-0.39, 0.29) is 0 Å². The summed E-state index contributed by atoms with van der Waals surface area (Å²) in [5.74, 6) is 1.65. The number of aromatic nitrogens is 1. The van der Waals surface area contributed by atoms with Gasteiger partial charge < -0.3 is 14.5 Å². The van der Waals surface area contributed by atoms with E-state index in [1.165, 1.54) is 0 Å². The molecule has 0 spiro atoms. The van der Waals surface area contributed by atoms with Crippen LogP contribution in [0.25, 0.3) is 11.3 Å². The molecule has 0 aliphatic rings. The molecule has 0 bridgehead atoms. The molecule has 2 heterocycles. The molecule has 4 heteroatoms. The minimum Gasteiger partial charge on any atom is -0.494 e. The van der Waals surface area contributed by atoms with E-state index in [4.69, 9.17) is 9.15 Å². The van der Waals surface area contributed by atoms with Gasteiger partial charge in [-0.2, -0.15) is 0 Å². The number of nitrogens with one attached hydrogen (secondary N) is 1. The summed E-state index contributed by atoms with van der Waals surface area (Å²) in [4.78, 5) is 4.37. The fraction of sp³-hybridized carbons (Fsp3) is 0.357. The van der Waals surface area contributed by atoms with E-state index in [9.17, 15) is 0 Å². The lowest BCUT2D eigenvalue weighted by Gasteiger charge is -2.07. The molecule has 0 aliphatic carbocycles. The van der Waals surface area contributed by atoms with Gasteiger partial charge in [-0.1, -0.05) is 6.92 Å². The van der Waals surface area contributed by atoms with E-state index in [1.807, 2.05) is 18.2 Å². The summed E-state index contributed by atoms with van der Waals surface area (Å²) >= 11 is 0. The third-order valence-corrected chi connectivity index (χ3v) is 2.70. The smallest absolute Gasteiger partial charge is 0.145 e. The van der Waals surface area contributed by atoms with E-state index in [0.29, 0.717) is 6.54 Å². The Balaban J connectivity index is 2.25. The van der Waals surface area contributed by atoms with E-state index >= 15 is 0 Å². The first kappa shape index (κ1) is 12.6. The zero-order valence-corrected chi connectivity index (χ0v) is 10.8. The molecule has 0 atom stereocenters. The molecule has 1 N–H and O–H groups in total. The zero-order chi connectivity index (χ0) is 12.8. The number of rotatable bonds is 6. The molecule has 0 saturated carbocycles. The predicted molar refractivity (Wildman–Crippen MR) is 70.5 cm³/mol. The Bertz CT molecular complexity index is 494. The molecule has 0 aromatic carbocycles. The van der Waals surface area contributed by atoms with Gasteiger partial charge in [0.15, 0.2) is 0 Å². The van der Waals surface area contributed by atoms with Crippen molar-refractivity contribution in [2.24, 2.45) is 0 Å². The Morgan fingerprint density at radius 3 is 3.06 bits per heavy atom. The standard InChI is InChI=1S/C14H18N2O2/c1-3-7-15-10-13-11(6-9-18-13)14-12(17-2)5-4-8-16-14/h4-6,8-9,15H,3,7,10H2,1-2H3. The fourth-order valence-corrected chi connectivity index (χ4v) is 1.82. The number of ether oxygens (including phenoxy) is 1. The third-order valence-electron chi connectivity index (χ3n) is 2.70. The van der Waals surface area contributed by atoms with Crippen LogP contribution in [-0.4, -0.2) is 18.6 Å². The molecule has 18 heavy (non-hydrogen) atoms. The van der Waals surface area contributed by atoms with Crippen molar-refractivity contribution in [3.05, 3.63) is 36.4 Å². The van der Waals surface area contributed by atoms with Gasteiger partial charge in [-0.15, -0.1) is 0 Å². The van der Waals surface area contributed by atoms with E-state index in [2.05, 4.69) is 17.2 Å². The minimum absolute atomic E-state index is 0.704. The van der Waals surface area contributed by atoms with E-state index in [0.717, 1.165) is 35.7 Å². The number of pyridine rings is 1. The van der Waals surface area contributed by atoms with Crippen molar-refractivity contribution < 1.29 is 9.15 Å². The average Bonchev–Trinajstić information content (AvgIpc) is 2.87. The lowest BCUT2D eigenvalue weighted by atomic mass is 10.1. The summed E-state index contributed by atoms with van der Waals surface area (Å²) in [6.45, 7) is 3.81. The van der Waals surface area contributed by atoms with E-state index < -0.39 is 0 Å². The molecule has 2 aromatic rings. The first-order valence-electron chi connectivity index (χ1n) is 6.13. The molecular weight excluding hydrogens is 228 g/mol. The average molecular weight is 246 g/mol. The summed E-state index contributed by atoms with van der Waals surface area (Å²) in [6.07, 6.45) is 4.55. The van der Waals surface area contributed by atoms with Crippen molar-refractivity contribution in [2.75, 3.05) is 13.7 Å². The van der Waals surface area contributed by atoms with Crippen molar-refractivity contribution in [3.8, 4) is 17.0 Å². The number of methoxy groups -OCH3 is 1. The highest BCUT2D eigenvalue weighted by Gasteiger charge is 2.13. The van der Waals surface area contributed by atoms with Gasteiger partial charge >= 0.3 is 0 Å². The van der Waals surface area contributed by atoms with Crippen LogP contribution in [0.1, 0.15) is 19.1 Å².